The Morgan fingerprint density at radius 2 is 1.55 bits per heavy atom. The zero-order chi connectivity index (χ0) is 23.8. The van der Waals surface area contributed by atoms with Crippen molar-refractivity contribution in [3.63, 3.8) is 0 Å². The van der Waals surface area contributed by atoms with Gasteiger partial charge in [0.15, 0.2) is 18.1 Å². The van der Waals surface area contributed by atoms with E-state index in [0.717, 1.165) is 16.8 Å². The van der Waals surface area contributed by atoms with Gasteiger partial charge in [-0.05, 0) is 42.3 Å². The Morgan fingerprint density at radius 3 is 2.18 bits per heavy atom. The van der Waals surface area contributed by atoms with Gasteiger partial charge < -0.3 is 23.8 Å². The first kappa shape index (κ1) is 23.7. The number of aryl methyl sites for hydroxylation is 1. The zero-order valence-corrected chi connectivity index (χ0v) is 19.2. The molecule has 0 heterocycles. The van der Waals surface area contributed by atoms with E-state index in [-0.39, 0.29) is 23.0 Å². The zero-order valence-electron chi connectivity index (χ0n) is 19.2. The van der Waals surface area contributed by atoms with Crippen LogP contribution < -0.4 is 19.1 Å². The van der Waals surface area contributed by atoms with E-state index in [2.05, 4.69) is 0 Å². The Labute approximate surface area is 193 Å². The lowest BCUT2D eigenvalue weighted by atomic mass is 10.1. The van der Waals surface area contributed by atoms with Crippen LogP contribution in [0.1, 0.15) is 21.5 Å². The Kier molecular flexibility index (Phi) is 7.91. The minimum Gasteiger partial charge on any atom is -0.493 e. The van der Waals surface area contributed by atoms with E-state index in [9.17, 15) is 9.59 Å². The van der Waals surface area contributed by atoms with Gasteiger partial charge in [-0.3, -0.25) is 4.79 Å². The fourth-order valence-electron chi connectivity index (χ4n) is 3.43. The van der Waals surface area contributed by atoms with Crippen molar-refractivity contribution < 1.29 is 28.5 Å². The van der Waals surface area contributed by atoms with E-state index in [0.29, 0.717) is 12.3 Å². The van der Waals surface area contributed by atoms with Gasteiger partial charge in [0.05, 0.1) is 27.9 Å². The van der Waals surface area contributed by atoms with Gasteiger partial charge in [0.2, 0.25) is 5.75 Å². The van der Waals surface area contributed by atoms with Crippen molar-refractivity contribution in [3.8, 4) is 17.2 Å². The second kappa shape index (κ2) is 11.0. The molecule has 0 unspecified atom stereocenters. The molecule has 0 aliphatic heterocycles. The summed E-state index contributed by atoms with van der Waals surface area (Å²) < 4.78 is 21.3. The van der Waals surface area contributed by atoms with E-state index in [1.165, 1.54) is 27.4 Å². The van der Waals surface area contributed by atoms with E-state index in [1.807, 2.05) is 61.5 Å². The third-order valence-corrected chi connectivity index (χ3v) is 5.05. The van der Waals surface area contributed by atoms with Gasteiger partial charge >= 0.3 is 5.97 Å². The highest BCUT2D eigenvalue weighted by Crippen LogP contribution is 2.40. The molecule has 1 amide bonds. The van der Waals surface area contributed by atoms with Gasteiger partial charge in [-0.15, -0.1) is 0 Å². The van der Waals surface area contributed by atoms with Gasteiger partial charge in [-0.25, -0.2) is 4.79 Å². The second-order valence-electron chi connectivity index (χ2n) is 7.26. The predicted molar refractivity (Wildman–Crippen MR) is 125 cm³/mol. The van der Waals surface area contributed by atoms with Crippen LogP contribution in [0.25, 0.3) is 0 Å². The summed E-state index contributed by atoms with van der Waals surface area (Å²) in [6, 6.07) is 20.3. The van der Waals surface area contributed by atoms with Crippen molar-refractivity contribution >= 4 is 17.6 Å². The lowest BCUT2D eigenvalue weighted by molar-refractivity contribution is -0.121. The number of anilines is 1. The first-order chi connectivity index (χ1) is 16.0. The first-order valence-electron chi connectivity index (χ1n) is 10.4. The van der Waals surface area contributed by atoms with Gasteiger partial charge in [0, 0.05) is 5.69 Å². The summed E-state index contributed by atoms with van der Waals surface area (Å²) in [5.74, 6) is -0.196. The van der Waals surface area contributed by atoms with Crippen LogP contribution in [0.15, 0.2) is 66.7 Å². The molecule has 0 atom stereocenters. The number of esters is 1. The monoisotopic (exact) mass is 449 g/mol. The summed E-state index contributed by atoms with van der Waals surface area (Å²) in [5.41, 5.74) is 2.84. The normalized spacial score (nSPS) is 10.3. The molecular weight excluding hydrogens is 422 g/mol. The Balaban J connectivity index is 1.81. The van der Waals surface area contributed by atoms with Crippen LogP contribution in [0.3, 0.4) is 0 Å². The maximum absolute atomic E-state index is 13.1. The molecule has 0 aromatic heterocycles. The van der Waals surface area contributed by atoms with Crippen molar-refractivity contribution in [2.45, 2.75) is 13.5 Å². The Bertz CT molecular complexity index is 1110. The number of rotatable bonds is 9. The fourth-order valence-corrected chi connectivity index (χ4v) is 3.43. The molecule has 0 bridgehead atoms. The van der Waals surface area contributed by atoms with Crippen LogP contribution in [-0.2, 0) is 16.1 Å². The highest BCUT2D eigenvalue weighted by atomic mass is 16.5. The van der Waals surface area contributed by atoms with Crippen molar-refractivity contribution in [3.05, 3.63) is 83.4 Å². The molecular formula is C26H27NO6. The highest BCUT2D eigenvalue weighted by molar-refractivity contribution is 5.98. The topological polar surface area (TPSA) is 74.3 Å². The average Bonchev–Trinajstić information content (AvgIpc) is 2.85. The summed E-state index contributed by atoms with van der Waals surface area (Å²) in [6.07, 6.45) is 0. The standard InChI is InChI=1S/C26H27NO6/c1-18-9-8-12-20(15-18)27(16-19-10-6-5-7-11-19)23(28)17-33-26(29)21-13-14-22(30-2)25(32-4)24(21)31-3/h5-15H,16-17H2,1-4H3. The van der Waals surface area contributed by atoms with E-state index in [1.54, 1.807) is 11.0 Å². The Hall–Kier alpha value is -4.00. The number of hydrogen-bond acceptors (Lipinski definition) is 6. The number of methoxy groups -OCH3 is 3. The number of hydrogen-bond donors (Lipinski definition) is 0. The van der Waals surface area contributed by atoms with Gasteiger partial charge in [-0.2, -0.15) is 0 Å². The third kappa shape index (κ3) is 5.63. The molecule has 3 aromatic rings. The lowest BCUT2D eigenvalue weighted by Crippen LogP contribution is -2.34. The fraction of sp³-hybridized carbons (Fsp3) is 0.231. The number of carbonyl (C=O) groups excluding carboxylic acids is 2. The predicted octanol–water partition coefficient (Wildman–Crippen LogP) is 4.41. The lowest BCUT2D eigenvalue weighted by Gasteiger charge is -2.23. The van der Waals surface area contributed by atoms with Crippen LogP contribution >= 0.6 is 0 Å². The maximum atomic E-state index is 13.1. The molecule has 0 N–H and O–H groups in total. The molecule has 0 aliphatic carbocycles. The van der Waals surface area contributed by atoms with Crippen LogP contribution in [0.2, 0.25) is 0 Å². The highest BCUT2D eigenvalue weighted by Gasteiger charge is 2.24. The summed E-state index contributed by atoms with van der Waals surface area (Å²) in [4.78, 5) is 27.5. The molecule has 7 nitrogen and oxygen atoms in total. The minimum absolute atomic E-state index is 0.133. The number of nitrogens with zero attached hydrogens (tertiary/aromatic N) is 1. The number of benzene rings is 3. The van der Waals surface area contributed by atoms with Gasteiger partial charge in [-0.1, -0.05) is 42.5 Å². The maximum Gasteiger partial charge on any atom is 0.342 e. The Morgan fingerprint density at radius 1 is 0.818 bits per heavy atom. The molecule has 0 radical (unpaired) electrons. The molecule has 0 spiro atoms. The van der Waals surface area contributed by atoms with Crippen molar-refractivity contribution in [2.24, 2.45) is 0 Å². The number of ether oxygens (including phenoxy) is 4. The van der Waals surface area contributed by atoms with Crippen molar-refractivity contribution in [1.29, 1.82) is 0 Å². The van der Waals surface area contributed by atoms with Crippen molar-refractivity contribution in [1.82, 2.24) is 0 Å². The molecule has 3 rings (SSSR count). The molecule has 33 heavy (non-hydrogen) atoms. The van der Waals surface area contributed by atoms with Crippen molar-refractivity contribution in [2.75, 3.05) is 32.8 Å². The molecule has 0 fully saturated rings. The van der Waals surface area contributed by atoms with Gasteiger partial charge in [0.1, 0.15) is 5.56 Å². The summed E-state index contributed by atoms with van der Waals surface area (Å²) >= 11 is 0. The first-order valence-corrected chi connectivity index (χ1v) is 10.4. The van der Waals surface area contributed by atoms with E-state index in [4.69, 9.17) is 18.9 Å². The van der Waals surface area contributed by atoms with Crippen LogP contribution in [0.4, 0.5) is 5.69 Å². The number of carbonyl (C=O) groups is 2. The smallest absolute Gasteiger partial charge is 0.342 e. The van der Waals surface area contributed by atoms with Crippen LogP contribution in [-0.4, -0.2) is 39.8 Å². The summed E-state index contributed by atoms with van der Waals surface area (Å²) in [6.45, 7) is 1.87. The summed E-state index contributed by atoms with van der Waals surface area (Å²) in [5, 5.41) is 0. The second-order valence-corrected chi connectivity index (χ2v) is 7.26. The minimum atomic E-state index is -0.704. The average molecular weight is 450 g/mol. The van der Waals surface area contributed by atoms with E-state index < -0.39 is 12.6 Å². The third-order valence-electron chi connectivity index (χ3n) is 5.05. The van der Waals surface area contributed by atoms with Crippen LogP contribution in [0, 0.1) is 6.92 Å². The molecule has 0 saturated carbocycles. The molecule has 0 aliphatic rings. The molecule has 3 aromatic carbocycles. The quantitative estimate of drug-likeness (QED) is 0.451. The number of amides is 1. The summed E-state index contributed by atoms with van der Waals surface area (Å²) in [7, 11) is 4.35. The molecule has 7 heteroatoms. The van der Waals surface area contributed by atoms with E-state index >= 15 is 0 Å². The molecule has 0 saturated heterocycles. The SMILES string of the molecule is COc1ccc(C(=O)OCC(=O)N(Cc2ccccc2)c2cccc(C)c2)c(OC)c1OC. The molecule has 172 valence electrons. The largest absolute Gasteiger partial charge is 0.493 e. The van der Waals surface area contributed by atoms with Gasteiger partial charge in [0.25, 0.3) is 5.91 Å². The van der Waals surface area contributed by atoms with Crippen LogP contribution in [0.5, 0.6) is 17.2 Å².